The lowest BCUT2D eigenvalue weighted by Crippen LogP contribution is -2.40. The van der Waals surface area contributed by atoms with Gasteiger partial charge in [0.2, 0.25) is 5.28 Å². The Morgan fingerprint density at radius 3 is 2.51 bits per heavy atom. The minimum atomic E-state index is -5.18. The van der Waals surface area contributed by atoms with E-state index in [0.717, 1.165) is 30.0 Å². The molecular weight excluding hydrogens is 571 g/mol. The van der Waals surface area contributed by atoms with E-state index in [4.69, 9.17) is 26.8 Å². The van der Waals surface area contributed by atoms with E-state index in [9.17, 15) is 31.0 Å². The molecule has 2 aromatic carbocycles. The number of halogens is 6. The summed E-state index contributed by atoms with van der Waals surface area (Å²) in [6.07, 6.45) is -2.45. The van der Waals surface area contributed by atoms with Crippen LogP contribution in [0.2, 0.25) is 5.28 Å². The predicted molar refractivity (Wildman–Crippen MR) is 137 cm³/mol. The maximum absolute atomic E-state index is 14.2. The standard InChI is InChI=1S/C24H22ClF5N4O4S/c1-39(36,34-22(35)24(28,29)30)13-14-8-16(31)11-17(9-14)37-6-2-3-7-38-20-10-15(26)4-5-18(20)21-19(27)12-32-23(25)33-21/h4-5,8-13H,2-3,6-7,31H2,1H3,(H,34,35,36). The van der Waals surface area contributed by atoms with E-state index in [-0.39, 0.29) is 52.5 Å². The first-order valence-corrected chi connectivity index (χ1v) is 13.5. The number of ether oxygens (including phenoxy) is 2. The van der Waals surface area contributed by atoms with E-state index in [1.54, 1.807) is 0 Å². The molecule has 39 heavy (non-hydrogen) atoms. The third-order valence-corrected chi connectivity index (χ3v) is 6.34. The van der Waals surface area contributed by atoms with Gasteiger partial charge in [0.15, 0.2) is 5.82 Å². The van der Waals surface area contributed by atoms with Crippen LogP contribution in [0.25, 0.3) is 11.3 Å². The number of nitrogens with one attached hydrogen (secondary N) is 1. The van der Waals surface area contributed by atoms with Gasteiger partial charge in [-0.05, 0) is 54.3 Å². The third kappa shape index (κ3) is 8.96. The van der Waals surface area contributed by atoms with Crippen molar-refractivity contribution in [3.05, 3.63) is 65.1 Å². The summed E-state index contributed by atoms with van der Waals surface area (Å²) in [5.41, 5.74) is 6.22. The second-order valence-electron chi connectivity index (χ2n) is 8.17. The maximum atomic E-state index is 14.2. The number of benzene rings is 2. The van der Waals surface area contributed by atoms with Gasteiger partial charge in [0.1, 0.15) is 23.0 Å². The Morgan fingerprint density at radius 1 is 1.13 bits per heavy atom. The van der Waals surface area contributed by atoms with Crippen LogP contribution in [0.5, 0.6) is 11.5 Å². The van der Waals surface area contributed by atoms with Gasteiger partial charge < -0.3 is 15.2 Å². The molecule has 1 unspecified atom stereocenters. The largest absolute Gasteiger partial charge is 0.493 e. The molecule has 0 spiro atoms. The number of anilines is 1. The summed E-state index contributed by atoms with van der Waals surface area (Å²) < 4.78 is 90.5. The van der Waals surface area contributed by atoms with Gasteiger partial charge in [-0.1, -0.05) is 0 Å². The molecule has 1 atom stereocenters. The fraction of sp³-hybridized carbons (Fsp3) is 0.250. The lowest BCUT2D eigenvalue weighted by Gasteiger charge is -2.13. The number of aromatic nitrogens is 2. The van der Waals surface area contributed by atoms with Crippen LogP contribution in [0.4, 0.5) is 27.6 Å². The number of amides is 1. The number of alkyl halides is 3. The van der Waals surface area contributed by atoms with Crippen LogP contribution in [0.1, 0.15) is 18.4 Å². The highest BCUT2D eigenvalue weighted by atomic mass is 35.5. The Bertz CT molecular complexity index is 1480. The van der Waals surface area contributed by atoms with Gasteiger partial charge in [0.05, 0.1) is 29.1 Å². The number of rotatable bonds is 10. The fourth-order valence-corrected chi connectivity index (χ4v) is 4.58. The predicted octanol–water partition coefficient (Wildman–Crippen LogP) is 4.55. The summed E-state index contributed by atoms with van der Waals surface area (Å²) in [4.78, 5) is 18.5. The van der Waals surface area contributed by atoms with E-state index in [1.807, 2.05) is 0 Å². The van der Waals surface area contributed by atoms with Gasteiger partial charge in [0, 0.05) is 35.0 Å². The first-order chi connectivity index (χ1) is 18.2. The summed E-state index contributed by atoms with van der Waals surface area (Å²) in [6.45, 7) is 0.289. The second-order valence-corrected chi connectivity index (χ2v) is 10.8. The van der Waals surface area contributed by atoms with Crippen LogP contribution in [0.3, 0.4) is 0 Å². The molecule has 0 aliphatic rings. The van der Waals surface area contributed by atoms with E-state index in [2.05, 4.69) is 9.97 Å². The summed E-state index contributed by atoms with van der Waals surface area (Å²) in [5.74, 6) is -3.37. The van der Waals surface area contributed by atoms with Crippen molar-refractivity contribution >= 4 is 38.3 Å². The molecule has 0 aliphatic heterocycles. The topological polar surface area (TPSA) is 116 Å². The van der Waals surface area contributed by atoms with Crippen LogP contribution in [0.15, 0.2) is 42.6 Å². The number of nitrogens with two attached hydrogens (primary N) is 1. The highest BCUT2D eigenvalue weighted by Gasteiger charge is 2.39. The zero-order valence-electron chi connectivity index (χ0n) is 20.2. The van der Waals surface area contributed by atoms with Crippen molar-refractivity contribution in [3.63, 3.8) is 0 Å². The summed E-state index contributed by atoms with van der Waals surface area (Å²) in [5, 5.41) is 0.770. The van der Waals surface area contributed by atoms with E-state index >= 15 is 0 Å². The Kier molecular flexibility index (Phi) is 9.56. The van der Waals surface area contributed by atoms with Crippen molar-refractivity contribution in [1.82, 2.24) is 14.7 Å². The lowest BCUT2D eigenvalue weighted by atomic mass is 10.1. The van der Waals surface area contributed by atoms with E-state index in [1.165, 1.54) is 29.0 Å². The number of carbonyl (C=O) groups excluding carboxylic acids is 1. The minimum Gasteiger partial charge on any atom is -0.493 e. The molecule has 8 nitrogen and oxygen atoms in total. The number of unbranched alkanes of at least 4 members (excludes halogenated alkanes) is 1. The molecule has 3 aromatic rings. The lowest BCUT2D eigenvalue weighted by molar-refractivity contribution is -0.171. The van der Waals surface area contributed by atoms with E-state index in [0.29, 0.717) is 12.8 Å². The molecule has 0 saturated heterocycles. The summed E-state index contributed by atoms with van der Waals surface area (Å²) >= 11 is 5.75. The highest BCUT2D eigenvalue weighted by Crippen LogP contribution is 2.32. The molecule has 0 fully saturated rings. The molecule has 1 heterocycles. The zero-order valence-corrected chi connectivity index (χ0v) is 21.8. The molecule has 3 N–H and O–H groups in total. The summed E-state index contributed by atoms with van der Waals surface area (Å²) in [7, 11) is -3.53. The molecule has 1 amide bonds. The quantitative estimate of drug-likeness (QED) is 0.117. The third-order valence-electron chi connectivity index (χ3n) is 4.84. The van der Waals surface area contributed by atoms with Gasteiger partial charge in [-0.15, -0.1) is 0 Å². The normalized spacial score (nSPS) is 12.9. The average Bonchev–Trinajstić information content (AvgIpc) is 2.81. The smallest absolute Gasteiger partial charge is 0.472 e. The number of nitrogens with zero attached hydrogens (tertiary/aromatic N) is 2. The molecule has 0 aliphatic carbocycles. The molecule has 0 radical (unpaired) electrons. The average molecular weight is 593 g/mol. The minimum absolute atomic E-state index is 0.0568. The number of hydrogen-bond acceptors (Lipinski definition) is 7. The molecule has 3 rings (SSSR count). The maximum Gasteiger partial charge on any atom is 0.472 e. The Labute approximate surface area is 225 Å². The van der Waals surface area contributed by atoms with Gasteiger partial charge in [-0.25, -0.2) is 23.0 Å². The monoisotopic (exact) mass is 592 g/mol. The SMILES string of the molecule is CS(=O)(=Cc1cc(N)cc(OCCCCOc2cc(F)ccc2-c2nc(Cl)ncc2F)c1)NC(=O)C(F)(F)F. The Hall–Kier alpha value is -3.65. The number of nitrogen functional groups attached to an aromatic ring is 1. The first kappa shape index (κ1) is 29.9. The summed E-state index contributed by atoms with van der Waals surface area (Å²) in [6, 6.07) is 7.75. The molecule has 0 bridgehead atoms. The number of hydrogen-bond donors (Lipinski definition) is 2. The second kappa shape index (κ2) is 12.5. The first-order valence-electron chi connectivity index (χ1n) is 11.1. The van der Waals surface area contributed by atoms with Crippen LogP contribution in [-0.2, 0) is 14.5 Å². The highest BCUT2D eigenvalue weighted by molar-refractivity contribution is 7.99. The zero-order chi connectivity index (χ0) is 28.8. The molecule has 210 valence electrons. The van der Waals surface area contributed by atoms with Crippen molar-refractivity contribution in [2.75, 3.05) is 25.2 Å². The van der Waals surface area contributed by atoms with E-state index < -0.39 is 33.4 Å². The van der Waals surface area contributed by atoms with Gasteiger partial charge in [0.25, 0.3) is 0 Å². The molecule has 1 aromatic heterocycles. The fourth-order valence-electron chi connectivity index (χ4n) is 3.25. The van der Waals surface area contributed by atoms with Crippen molar-refractivity contribution in [2.24, 2.45) is 0 Å². The Morgan fingerprint density at radius 2 is 1.82 bits per heavy atom. The van der Waals surface area contributed by atoms with Crippen molar-refractivity contribution in [1.29, 1.82) is 0 Å². The van der Waals surface area contributed by atoms with Gasteiger partial charge in [-0.2, -0.15) is 13.2 Å². The van der Waals surface area contributed by atoms with Crippen LogP contribution < -0.4 is 19.9 Å². The van der Waals surface area contributed by atoms with Crippen molar-refractivity contribution in [2.45, 2.75) is 19.0 Å². The van der Waals surface area contributed by atoms with Crippen LogP contribution >= 0.6 is 11.6 Å². The van der Waals surface area contributed by atoms with Crippen molar-refractivity contribution < 1.29 is 40.4 Å². The molecule has 0 saturated carbocycles. The van der Waals surface area contributed by atoms with Crippen LogP contribution in [0, 0.1) is 11.6 Å². The van der Waals surface area contributed by atoms with Crippen LogP contribution in [-0.4, -0.2) is 51.1 Å². The van der Waals surface area contributed by atoms with Crippen molar-refractivity contribution in [3.8, 4) is 22.8 Å². The Balaban J connectivity index is 1.58. The van der Waals surface area contributed by atoms with Gasteiger partial charge in [-0.3, -0.25) is 9.52 Å². The molecule has 15 heteroatoms. The molecular formula is C24H22ClF5N4O4S. The van der Waals surface area contributed by atoms with Gasteiger partial charge >= 0.3 is 12.1 Å². The number of carbonyl (C=O) groups is 1.